The van der Waals surface area contributed by atoms with Gasteiger partial charge in [-0.1, -0.05) is 17.3 Å². The Morgan fingerprint density at radius 3 is 2.88 bits per heavy atom. The molecule has 13 heteroatoms. The first-order chi connectivity index (χ1) is 15.6. The second-order valence-corrected chi connectivity index (χ2v) is 6.49. The van der Waals surface area contributed by atoms with Gasteiger partial charge in [-0.2, -0.15) is 9.78 Å². The highest BCUT2D eigenvalue weighted by Gasteiger charge is 2.26. The van der Waals surface area contributed by atoms with E-state index < -0.39 is 11.7 Å². The van der Waals surface area contributed by atoms with Gasteiger partial charge in [0, 0.05) is 5.56 Å². The zero-order chi connectivity index (χ0) is 22.1. The monoisotopic (exact) mass is 436 g/mol. The first-order valence-electron chi connectivity index (χ1n) is 9.13. The first kappa shape index (κ1) is 19.2. The van der Waals surface area contributed by atoms with Gasteiger partial charge in [0.2, 0.25) is 18.4 Å². The molecular weight excluding hydrogens is 423 g/mol. The smallest absolute Gasteiger partial charge is 0.294 e. The second kappa shape index (κ2) is 7.79. The van der Waals surface area contributed by atoms with E-state index in [1.54, 1.807) is 24.3 Å². The summed E-state index contributed by atoms with van der Waals surface area (Å²) in [6.45, 7) is 0.0819. The van der Waals surface area contributed by atoms with E-state index in [-0.39, 0.29) is 29.8 Å². The van der Waals surface area contributed by atoms with Gasteiger partial charge in [0.15, 0.2) is 17.2 Å². The van der Waals surface area contributed by atoms with Crippen molar-refractivity contribution in [3.8, 4) is 28.6 Å². The highest BCUT2D eigenvalue weighted by atomic mass is 19.1. The molecule has 3 heterocycles. The highest BCUT2D eigenvalue weighted by molar-refractivity contribution is 5.99. The number of nitrogens with zero attached hydrogens (tertiary/aromatic N) is 6. The summed E-state index contributed by atoms with van der Waals surface area (Å²) in [6, 6.07) is 10.8. The number of aromatic nitrogens is 5. The predicted octanol–water partition coefficient (Wildman–Crippen LogP) is 1.53. The fraction of sp³-hybridized carbons (Fsp3) is 0.0526. The molecule has 4 aromatic rings. The van der Waals surface area contributed by atoms with Crippen molar-refractivity contribution in [2.75, 3.05) is 12.5 Å². The largest absolute Gasteiger partial charge is 0.454 e. The van der Waals surface area contributed by atoms with Gasteiger partial charge in [0.25, 0.3) is 5.91 Å². The fourth-order valence-corrected chi connectivity index (χ4v) is 3.03. The second-order valence-electron chi connectivity index (χ2n) is 6.49. The Labute approximate surface area is 178 Å². The van der Waals surface area contributed by atoms with E-state index in [2.05, 4.69) is 35.8 Å². The van der Waals surface area contributed by atoms with Crippen molar-refractivity contribution in [2.24, 2.45) is 5.10 Å². The molecular formula is C19H13FN8O4. The molecule has 0 saturated carbocycles. The average molecular weight is 436 g/mol. The number of nitrogens with one attached hydrogen (secondary N) is 1. The standard InChI is InChI=1S/C19H13FN8O4/c20-12-3-1-2-10(6-12)8-22-24-19(29)15-16(11-4-5-13-14(7-11)31-9-30-13)28(27-23-15)18-17(21)25-32-26-18/h1-8H,9H2,(H2,21,25)(H,24,29)/b22-8-. The molecule has 0 bridgehead atoms. The summed E-state index contributed by atoms with van der Waals surface area (Å²) in [6.07, 6.45) is 1.30. The van der Waals surface area contributed by atoms with Gasteiger partial charge in [-0.25, -0.2) is 14.4 Å². The van der Waals surface area contributed by atoms with Gasteiger partial charge in [-0.05, 0) is 46.2 Å². The van der Waals surface area contributed by atoms with Gasteiger partial charge < -0.3 is 15.2 Å². The van der Waals surface area contributed by atoms with Crippen LogP contribution in [0.25, 0.3) is 17.1 Å². The lowest BCUT2D eigenvalue weighted by Crippen LogP contribution is -2.19. The molecule has 5 rings (SSSR count). The maximum absolute atomic E-state index is 13.3. The van der Waals surface area contributed by atoms with Crippen LogP contribution in [0.3, 0.4) is 0 Å². The lowest BCUT2D eigenvalue weighted by atomic mass is 10.1. The van der Waals surface area contributed by atoms with Crippen LogP contribution in [0.4, 0.5) is 10.2 Å². The molecule has 1 aliphatic heterocycles. The van der Waals surface area contributed by atoms with Gasteiger partial charge in [0.1, 0.15) is 11.5 Å². The van der Waals surface area contributed by atoms with E-state index in [4.69, 9.17) is 15.2 Å². The number of hydrazone groups is 1. The molecule has 0 fully saturated rings. The number of ether oxygens (including phenoxy) is 2. The number of nitrogens with two attached hydrogens (primary N) is 1. The number of hydrogen-bond donors (Lipinski definition) is 2. The summed E-state index contributed by atoms with van der Waals surface area (Å²) in [5.74, 6) is -0.0581. The molecule has 0 aliphatic carbocycles. The molecule has 1 amide bonds. The average Bonchev–Trinajstić information content (AvgIpc) is 3.52. The number of rotatable bonds is 5. The van der Waals surface area contributed by atoms with E-state index >= 15 is 0 Å². The summed E-state index contributed by atoms with van der Waals surface area (Å²) in [4.78, 5) is 12.8. The Balaban J connectivity index is 1.51. The van der Waals surface area contributed by atoms with Crippen LogP contribution in [0.15, 0.2) is 52.2 Å². The van der Waals surface area contributed by atoms with Crippen LogP contribution < -0.4 is 20.6 Å². The minimum absolute atomic E-state index is 0.0482. The number of fused-ring (bicyclic) bond motifs is 1. The zero-order valence-electron chi connectivity index (χ0n) is 16.1. The van der Waals surface area contributed by atoms with Crippen molar-refractivity contribution in [3.63, 3.8) is 0 Å². The van der Waals surface area contributed by atoms with Crippen LogP contribution in [0.2, 0.25) is 0 Å². The third-order valence-corrected chi connectivity index (χ3v) is 4.46. The Bertz CT molecular complexity index is 1350. The van der Waals surface area contributed by atoms with Crippen molar-refractivity contribution in [1.82, 2.24) is 30.7 Å². The zero-order valence-corrected chi connectivity index (χ0v) is 16.1. The summed E-state index contributed by atoms with van der Waals surface area (Å²) in [5, 5.41) is 19.0. The molecule has 1 aliphatic rings. The van der Waals surface area contributed by atoms with Gasteiger partial charge >= 0.3 is 0 Å². The lowest BCUT2D eigenvalue weighted by Gasteiger charge is -2.07. The first-order valence-corrected chi connectivity index (χ1v) is 9.13. The Hall–Kier alpha value is -4.81. The van der Waals surface area contributed by atoms with Crippen molar-refractivity contribution < 1.29 is 23.3 Å². The number of nitrogen functional groups attached to an aromatic ring is 1. The highest BCUT2D eigenvalue weighted by Crippen LogP contribution is 2.37. The van der Waals surface area contributed by atoms with Crippen molar-refractivity contribution in [1.29, 1.82) is 0 Å². The van der Waals surface area contributed by atoms with Crippen LogP contribution in [0.5, 0.6) is 11.5 Å². The molecule has 0 saturated heterocycles. The number of carbonyl (C=O) groups is 1. The summed E-state index contributed by atoms with van der Waals surface area (Å²) in [7, 11) is 0. The normalized spacial score (nSPS) is 12.4. The van der Waals surface area contributed by atoms with Crippen molar-refractivity contribution >= 4 is 17.9 Å². The number of benzene rings is 2. The Kier molecular flexibility index (Phi) is 4.67. The van der Waals surface area contributed by atoms with Gasteiger partial charge in [-0.3, -0.25) is 4.79 Å². The number of amides is 1. The van der Waals surface area contributed by atoms with E-state index in [9.17, 15) is 9.18 Å². The molecule has 160 valence electrons. The molecule has 2 aromatic heterocycles. The Morgan fingerprint density at radius 2 is 2.06 bits per heavy atom. The van der Waals surface area contributed by atoms with E-state index in [0.717, 1.165) is 0 Å². The number of carbonyl (C=O) groups excluding carboxylic acids is 1. The maximum atomic E-state index is 13.3. The quantitative estimate of drug-likeness (QED) is 0.350. The minimum Gasteiger partial charge on any atom is -0.454 e. The molecule has 0 atom stereocenters. The lowest BCUT2D eigenvalue weighted by molar-refractivity contribution is 0.0950. The third-order valence-electron chi connectivity index (χ3n) is 4.46. The van der Waals surface area contributed by atoms with Crippen molar-refractivity contribution in [2.45, 2.75) is 0 Å². The number of halogens is 1. The van der Waals surface area contributed by atoms with Gasteiger partial charge in [0.05, 0.1) is 6.21 Å². The molecule has 0 radical (unpaired) electrons. The number of anilines is 1. The molecule has 32 heavy (non-hydrogen) atoms. The van der Waals surface area contributed by atoms with Crippen LogP contribution in [-0.2, 0) is 0 Å². The number of hydrogen-bond acceptors (Lipinski definition) is 10. The third kappa shape index (κ3) is 3.47. The summed E-state index contributed by atoms with van der Waals surface area (Å²) < 4.78 is 29.9. The molecule has 12 nitrogen and oxygen atoms in total. The van der Waals surface area contributed by atoms with E-state index in [0.29, 0.717) is 22.6 Å². The van der Waals surface area contributed by atoms with Crippen LogP contribution in [-0.4, -0.2) is 44.2 Å². The van der Waals surface area contributed by atoms with Crippen LogP contribution >= 0.6 is 0 Å². The topological polar surface area (TPSA) is 156 Å². The Morgan fingerprint density at radius 1 is 1.19 bits per heavy atom. The van der Waals surface area contributed by atoms with E-state index in [1.807, 2.05) is 0 Å². The van der Waals surface area contributed by atoms with Crippen molar-refractivity contribution in [3.05, 3.63) is 59.5 Å². The molecule has 3 N–H and O–H groups in total. The maximum Gasteiger partial charge on any atom is 0.294 e. The van der Waals surface area contributed by atoms with Crippen LogP contribution in [0, 0.1) is 5.82 Å². The van der Waals surface area contributed by atoms with Crippen LogP contribution in [0.1, 0.15) is 16.1 Å². The predicted molar refractivity (Wildman–Crippen MR) is 107 cm³/mol. The molecule has 0 spiro atoms. The van der Waals surface area contributed by atoms with E-state index in [1.165, 1.54) is 29.1 Å². The fourth-order valence-electron chi connectivity index (χ4n) is 3.03. The molecule has 0 unspecified atom stereocenters. The summed E-state index contributed by atoms with van der Waals surface area (Å²) >= 11 is 0. The summed E-state index contributed by atoms with van der Waals surface area (Å²) in [5.41, 5.74) is 9.28. The minimum atomic E-state index is -0.674. The molecule has 2 aromatic carbocycles. The SMILES string of the molecule is Nc1nonc1-n1nnc(C(=O)N/N=C\c2cccc(F)c2)c1-c1ccc2c(c1)OCO2. The van der Waals surface area contributed by atoms with Gasteiger partial charge in [-0.15, -0.1) is 5.10 Å².